The molecule has 162 valence electrons. The Balaban J connectivity index is 1.84. The van der Waals surface area contributed by atoms with E-state index in [9.17, 15) is 25.0 Å². The van der Waals surface area contributed by atoms with Crippen LogP contribution in [0.15, 0.2) is 60.7 Å². The first-order chi connectivity index (χ1) is 15.3. The predicted octanol–water partition coefficient (Wildman–Crippen LogP) is 5.55. The summed E-state index contributed by atoms with van der Waals surface area (Å²) in [7, 11) is 1.41. The molecule has 0 saturated heterocycles. The summed E-state index contributed by atoms with van der Waals surface area (Å²) in [4.78, 5) is 33.1. The molecule has 3 aromatic carbocycles. The summed E-state index contributed by atoms with van der Waals surface area (Å²) in [5, 5.41) is 22.6. The average Bonchev–Trinajstić information content (AvgIpc) is 2.78. The van der Waals surface area contributed by atoms with E-state index in [0.29, 0.717) is 16.1 Å². The van der Waals surface area contributed by atoms with Gasteiger partial charge in [0.25, 0.3) is 11.4 Å². The van der Waals surface area contributed by atoms with Gasteiger partial charge >= 0.3 is 5.97 Å². The summed E-state index contributed by atoms with van der Waals surface area (Å²) in [6, 6.07) is 14.3. The van der Waals surface area contributed by atoms with Crippen molar-refractivity contribution in [2.45, 2.75) is 0 Å². The fraction of sp³-hybridized carbons (Fsp3) is 0.0455. The quantitative estimate of drug-likeness (QED) is 0.151. The van der Waals surface area contributed by atoms with Crippen molar-refractivity contribution >= 4 is 41.1 Å². The molecule has 0 aliphatic carbocycles. The van der Waals surface area contributed by atoms with E-state index in [1.807, 2.05) is 0 Å². The first-order valence-electron chi connectivity index (χ1n) is 9.05. The number of methoxy groups -OCH3 is 1. The summed E-state index contributed by atoms with van der Waals surface area (Å²) >= 11 is 5.82. The molecule has 0 unspecified atom stereocenters. The molecule has 0 aliphatic rings. The molecule has 0 bridgehead atoms. The van der Waals surface area contributed by atoms with Gasteiger partial charge in [0.1, 0.15) is 0 Å². The van der Waals surface area contributed by atoms with Crippen molar-refractivity contribution in [3.8, 4) is 11.5 Å². The van der Waals surface area contributed by atoms with E-state index in [1.54, 1.807) is 30.3 Å². The number of non-ortho nitro benzene ring substituents is 1. The maximum absolute atomic E-state index is 12.3. The highest BCUT2D eigenvalue weighted by Crippen LogP contribution is 2.31. The van der Waals surface area contributed by atoms with Crippen molar-refractivity contribution in [2.24, 2.45) is 0 Å². The molecule has 0 atom stereocenters. The van der Waals surface area contributed by atoms with Crippen molar-refractivity contribution in [1.29, 1.82) is 0 Å². The number of nitrogens with zero attached hydrogens (tertiary/aromatic N) is 2. The number of hydrogen-bond acceptors (Lipinski definition) is 7. The molecule has 3 aromatic rings. The summed E-state index contributed by atoms with van der Waals surface area (Å²) < 4.78 is 10.7. The Bertz CT molecular complexity index is 1220. The Morgan fingerprint density at radius 2 is 1.62 bits per heavy atom. The van der Waals surface area contributed by atoms with Gasteiger partial charge in [-0.1, -0.05) is 23.7 Å². The topological polar surface area (TPSA) is 122 Å². The summed E-state index contributed by atoms with van der Waals surface area (Å²) in [5.41, 5.74) is 0.336. The lowest BCUT2D eigenvalue weighted by Crippen LogP contribution is -2.09. The molecular formula is C22H15ClN2O7. The first-order valence-corrected chi connectivity index (χ1v) is 9.43. The van der Waals surface area contributed by atoms with Crippen molar-refractivity contribution in [3.63, 3.8) is 0 Å². The van der Waals surface area contributed by atoms with Crippen LogP contribution in [-0.4, -0.2) is 22.9 Å². The van der Waals surface area contributed by atoms with Gasteiger partial charge in [-0.05, 0) is 54.1 Å². The van der Waals surface area contributed by atoms with Gasteiger partial charge in [-0.2, -0.15) is 0 Å². The van der Waals surface area contributed by atoms with Crippen molar-refractivity contribution in [3.05, 3.63) is 103 Å². The molecular weight excluding hydrogens is 440 g/mol. The molecule has 0 spiro atoms. The molecule has 0 fully saturated rings. The van der Waals surface area contributed by atoms with Gasteiger partial charge in [0, 0.05) is 11.1 Å². The Morgan fingerprint density at radius 3 is 2.25 bits per heavy atom. The van der Waals surface area contributed by atoms with Crippen LogP contribution in [0.5, 0.6) is 11.5 Å². The number of carbonyl (C=O) groups is 1. The summed E-state index contributed by atoms with van der Waals surface area (Å²) in [5.74, 6) is -0.136. The second kappa shape index (κ2) is 9.71. The molecule has 0 aliphatic heterocycles. The minimum absolute atomic E-state index is 0.186. The van der Waals surface area contributed by atoms with E-state index < -0.39 is 21.5 Å². The van der Waals surface area contributed by atoms with E-state index >= 15 is 0 Å². The molecule has 3 rings (SSSR count). The zero-order valence-corrected chi connectivity index (χ0v) is 17.3. The number of rotatable bonds is 7. The van der Waals surface area contributed by atoms with Gasteiger partial charge in [0.05, 0.1) is 34.1 Å². The third kappa shape index (κ3) is 5.27. The SMILES string of the molecule is COc1cc(/C=C/c2ccc([N+](=O)[O-])cc2[N+](=O)[O-])ccc1OC(=O)c1ccc(Cl)cc1. The lowest BCUT2D eigenvalue weighted by molar-refractivity contribution is -0.394. The van der Waals surface area contributed by atoms with E-state index in [-0.39, 0.29) is 22.7 Å². The zero-order chi connectivity index (χ0) is 23.3. The van der Waals surface area contributed by atoms with Gasteiger partial charge in [-0.15, -0.1) is 0 Å². The minimum atomic E-state index is -0.699. The molecule has 0 radical (unpaired) electrons. The molecule has 0 amide bonds. The van der Waals surface area contributed by atoms with Crippen LogP contribution in [0, 0.1) is 20.2 Å². The first kappa shape index (κ1) is 22.4. The normalized spacial score (nSPS) is 10.7. The maximum Gasteiger partial charge on any atom is 0.343 e. The van der Waals surface area contributed by atoms with Gasteiger partial charge in [0.15, 0.2) is 11.5 Å². The van der Waals surface area contributed by atoms with E-state index in [4.69, 9.17) is 21.1 Å². The smallest absolute Gasteiger partial charge is 0.343 e. The second-order valence-electron chi connectivity index (χ2n) is 6.40. The van der Waals surface area contributed by atoms with Crippen molar-refractivity contribution in [1.82, 2.24) is 0 Å². The number of carbonyl (C=O) groups excluding carboxylic acids is 1. The largest absolute Gasteiger partial charge is 0.493 e. The highest BCUT2D eigenvalue weighted by atomic mass is 35.5. The number of hydrogen-bond donors (Lipinski definition) is 0. The van der Waals surface area contributed by atoms with Crippen LogP contribution >= 0.6 is 11.6 Å². The zero-order valence-electron chi connectivity index (χ0n) is 16.6. The average molecular weight is 455 g/mol. The highest BCUT2D eigenvalue weighted by Gasteiger charge is 2.18. The number of halogens is 1. The lowest BCUT2D eigenvalue weighted by Gasteiger charge is -2.10. The molecule has 0 heterocycles. The molecule has 0 saturated carbocycles. The molecule has 0 aromatic heterocycles. The summed E-state index contributed by atoms with van der Waals surface area (Å²) in [6.07, 6.45) is 3.03. The number of nitro groups is 2. The predicted molar refractivity (Wildman–Crippen MR) is 118 cm³/mol. The molecule has 32 heavy (non-hydrogen) atoms. The van der Waals surface area contributed by atoms with Crippen LogP contribution in [0.3, 0.4) is 0 Å². The number of esters is 1. The van der Waals surface area contributed by atoms with Crippen LogP contribution in [0.25, 0.3) is 12.2 Å². The fourth-order valence-corrected chi connectivity index (χ4v) is 2.87. The highest BCUT2D eigenvalue weighted by molar-refractivity contribution is 6.30. The second-order valence-corrected chi connectivity index (χ2v) is 6.83. The number of nitro benzene ring substituents is 2. The number of ether oxygens (including phenoxy) is 2. The Labute approximate surface area is 186 Å². The van der Waals surface area contributed by atoms with E-state index in [1.165, 1.54) is 43.5 Å². The fourth-order valence-electron chi connectivity index (χ4n) is 2.75. The van der Waals surface area contributed by atoms with Crippen LogP contribution in [0.1, 0.15) is 21.5 Å². The van der Waals surface area contributed by atoms with Gasteiger partial charge in [-0.25, -0.2) is 4.79 Å². The third-order valence-electron chi connectivity index (χ3n) is 4.35. The van der Waals surface area contributed by atoms with Crippen molar-refractivity contribution in [2.75, 3.05) is 7.11 Å². The van der Waals surface area contributed by atoms with Crippen molar-refractivity contribution < 1.29 is 24.1 Å². The van der Waals surface area contributed by atoms with Gasteiger partial charge in [0.2, 0.25) is 0 Å². The Morgan fingerprint density at radius 1 is 0.906 bits per heavy atom. The van der Waals surface area contributed by atoms with Gasteiger partial charge in [-0.3, -0.25) is 20.2 Å². The lowest BCUT2D eigenvalue weighted by atomic mass is 10.1. The molecule has 0 N–H and O–H groups in total. The maximum atomic E-state index is 12.3. The van der Waals surface area contributed by atoms with Gasteiger partial charge < -0.3 is 9.47 Å². The molecule has 9 nitrogen and oxygen atoms in total. The Kier molecular flexibility index (Phi) is 6.81. The Hall–Kier alpha value is -4.24. The molecule has 10 heteroatoms. The number of benzene rings is 3. The van der Waals surface area contributed by atoms with E-state index in [2.05, 4.69) is 0 Å². The third-order valence-corrected chi connectivity index (χ3v) is 4.60. The van der Waals surface area contributed by atoms with Crippen LogP contribution in [0.2, 0.25) is 5.02 Å². The van der Waals surface area contributed by atoms with Crippen LogP contribution < -0.4 is 9.47 Å². The summed E-state index contributed by atoms with van der Waals surface area (Å²) in [6.45, 7) is 0. The van der Waals surface area contributed by atoms with Crippen LogP contribution in [-0.2, 0) is 0 Å². The monoisotopic (exact) mass is 454 g/mol. The minimum Gasteiger partial charge on any atom is -0.493 e. The van der Waals surface area contributed by atoms with E-state index in [0.717, 1.165) is 6.07 Å². The standard InChI is InChI=1S/C22H15ClN2O7/c1-31-21-12-14(2-4-15-7-10-18(24(27)28)13-19(15)25(29)30)3-11-20(21)32-22(26)16-5-8-17(23)9-6-16/h2-13H,1H3/b4-2+. The van der Waals surface area contributed by atoms with Crippen LogP contribution in [0.4, 0.5) is 11.4 Å².